The highest BCUT2D eigenvalue weighted by Gasteiger charge is 2.29. The molecule has 0 bridgehead atoms. The van der Waals surface area contributed by atoms with Crippen molar-refractivity contribution in [1.29, 1.82) is 0 Å². The van der Waals surface area contributed by atoms with Gasteiger partial charge in [-0.3, -0.25) is 9.59 Å². The maximum Gasteiger partial charge on any atom is 0.308 e. The van der Waals surface area contributed by atoms with Crippen LogP contribution in [0.25, 0.3) is 0 Å². The van der Waals surface area contributed by atoms with Crippen molar-refractivity contribution in [1.82, 2.24) is 4.90 Å². The number of carbonyl (C=O) groups is 2. The van der Waals surface area contributed by atoms with Crippen LogP contribution in [0.5, 0.6) is 0 Å². The Hall–Kier alpha value is -1.06. The zero-order valence-electron chi connectivity index (χ0n) is 10.9. The Bertz CT molecular complexity index is 310. The average Bonchev–Trinajstić information content (AvgIpc) is 2.40. The van der Waals surface area contributed by atoms with Gasteiger partial charge in [-0.2, -0.15) is 0 Å². The number of piperidine rings is 1. The Morgan fingerprint density at radius 2 is 1.78 bits per heavy atom. The molecule has 18 heavy (non-hydrogen) atoms. The van der Waals surface area contributed by atoms with Crippen LogP contribution >= 0.6 is 0 Å². The van der Waals surface area contributed by atoms with Gasteiger partial charge in [0.2, 0.25) is 5.91 Å². The first-order valence-electron chi connectivity index (χ1n) is 7.17. The number of carboxylic acid groups (broad SMARTS) is 1. The molecule has 4 nitrogen and oxygen atoms in total. The lowest BCUT2D eigenvalue weighted by atomic mass is 9.86. The molecule has 0 spiro atoms. The standard InChI is InChI=1S/C14H23NO3/c16-13(9-11-5-2-1-3-6-11)15-8-4-7-12(10-15)14(17)18/h11-12H,1-10H2,(H,17,18)/t12-/m0/s1. The number of rotatable bonds is 3. The Labute approximate surface area is 108 Å². The molecule has 1 heterocycles. The van der Waals surface area contributed by atoms with Crippen molar-refractivity contribution in [3.63, 3.8) is 0 Å². The van der Waals surface area contributed by atoms with E-state index in [1.165, 1.54) is 32.1 Å². The van der Waals surface area contributed by atoms with Crippen LogP contribution < -0.4 is 0 Å². The Morgan fingerprint density at radius 1 is 1.06 bits per heavy atom. The van der Waals surface area contributed by atoms with Crippen LogP contribution in [-0.4, -0.2) is 35.0 Å². The second kappa shape index (κ2) is 6.21. The molecule has 0 aromatic rings. The highest BCUT2D eigenvalue weighted by Crippen LogP contribution is 2.27. The molecule has 0 radical (unpaired) electrons. The molecule has 1 saturated carbocycles. The van der Waals surface area contributed by atoms with Crippen molar-refractivity contribution >= 4 is 11.9 Å². The summed E-state index contributed by atoms with van der Waals surface area (Å²) in [6.45, 7) is 1.16. The van der Waals surface area contributed by atoms with Crippen molar-refractivity contribution in [3.8, 4) is 0 Å². The predicted molar refractivity (Wildman–Crippen MR) is 68.1 cm³/mol. The fourth-order valence-corrected chi connectivity index (χ4v) is 3.17. The molecule has 0 aromatic heterocycles. The predicted octanol–water partition coefficient (Wildman–Crippen LogP) is 2.28. The molecular weight excluding hydrogens is 230 g/mol. The molecule has 0 unspecified atom stereocenters. The Balaban J connectivity index is 1.82. The molecule has 2 aliphatic rings. The molecular formula is C14H23NO3. The monoisotopic (exact) mass is 253 g/mol. The fraction of sp³-hybridized carbons (Fsp3) is 0.857. The SMILES string of the molecule is O=C(O)[C@H]1CCCN(C(=O)CC2CCCCC2)C1. The molecule has 1 aliphatic carbocycles. The molecule has 4 heteroatoms. The van der Waals surface area contributed by atoms with E-state index in [0.29, 0.717) is 25.3 Å². The molecule has 0 aromatic carbocycles. The Kier molecular flexibility index (Phi) is 4.61. The molecule has 2 fully saturated rings. The lowest BCUT2D eigenvalue weighted by molar-refractivity contribution is -0.145. The van der Waals surface area contributed by atoms with Crippen LogP contribution in [0, 0.1) is 11.8 Å². The maximum absolute atomic E-state index is 12.2. The first-order valence-corrected chi connectivity index (χ1v) is 7.17. The highest BCUT2D eigenvalue weighted by molar-refractivity contribution is 5.78. The lowest BCUT2D eigenvalue weighted by Crippen LogP contribution is -2.42. The van der Waals surface area contributed by atoms with E-state index < -0.39 is 5.97 Å². The van der Waals surface area contributed by atoms with Crippen LogP contribution in [0.15, 0.2) is 0 Å². The van der Waals surface area contributed by atoms with Gasteiger partial charge in [-0.05, 0) is 31.6 Å². The number of aliphatic carboxylic acids is 1. The van der Waals surface area contributed by atoms with Gasteiger partial charge in [-0.1, -0.05) is 19.3 Å². The van der Waals surface area contributed by atoms with E-state index in [9.17, 15) is 9.59 Å². The van der Waals surface area contributed by atoms with E-state index >= 15 is 0 Å². The van der Waals surface area contributed by atoms with Gasteiger partial charge in [0, 0.05) is 19.5 Å². The summed E-state index contributed by atoms with van der Waals surface area (Å²) in [4.78, 5) is 24.9. The third-order valence-corrected chi connectivity index (χ3v) is 4.31. The van der Waals surface area contributed by atoms with E-state index in [1.807, 2.05) is 0 Å². The minimum absolute atomic E-state index is 0.174. The summed E-state index contributed by atoms with van der Waals surface area (Å²) in [7, 11) is 0. The second-order valence-corrected chi connectivity index (χ2v) is 5.73. The van der Waals surface area contributed by atoms with Crippen molar-refractivity contribution < 1.29 is 14.7 Å². The van der Waals surface area contributed by atoms with E-state index in [0.717, 1.165) is 13.0 Å². The normalized spacial score (nSPS) is 26.0. The van der Waals surface area contributed by atoms with Crippen molar-refractivity contribution in [2.24, 2.45) is 11.8 Å². The van der Waals surface area contributed by atoms with E-state index in [4.69, 9.17) is 5.11 Å². The first-order chi connectivity index (χ1) is 8.66. The largest absolute Gasteiger partial charge is 0.481 e. The Morgan fingerprint density at radius 3 is 2.44 bits per heavy atom. The number of hydrogen-bond acceptors (Lipinski definition) is 2. The number of nitrogens with zero attached hydrogens (tertiary/aromatic N) is 1. The fourth-order valence-electron chi connectivity index (χ4n) is 3.17. The zero-order chi connectivity index (χ0) is 13.0. The van der Waals surface area contributed by atoms with Gasteiger partial charge in [0.1, 0.15) is 0 Å². The average molecular weight is 253 g/mol. The first kappa shape index (κ1) is 13.4. The minimum atomic E-state index is -0.759. The highest BCUT2D eigenvalue weighted by atomic mass is 16.4. The molecule has 1 N–H and O–H groups in total. The van der Waals surface area contributed by atoms with Crippen LogP contribution in [0.2, 0.25) is 0 Å². The third kappa shape index (κ3) is 3.47. The van der Waals surface area contributed by atoms with E-state index in [-0.39, 0.29) is 11.8 Å². The van der Waals surface area contributed by atoms with Crippen molar-refractivity contribution in [3.05, 3.63) is 0 Å². The zero-order valence-corrected chi connectivity index (χ0v) is 10.9. The van der Waals surface area contributed by atoms with Crippen LogP contribution in [0.4, 0.5) is 0 Å². The second-order valence-electron chi connectivity index (χ2n) is 5.73. The van der Waals surface area contributed by atoms with E-state index in [2.05, 4.69) is 0 Å². The molecule has 1 saturated heterocycles. The molecule has 2 rings (SSSR count). The van der Waals surface area contributed by atoms with Gasteiger partial charge < -0.3 is 10.0 Å². The summed E-state index contributed by atoms with van der Waals surface area (Å²) >= 11 is 0. The number of amides is 1. The van der Waals surface area contributed by atoms with Crippen LogP contribution in [-0.2, 0) is 9.59 Å². The van der Waals surface area contributed by atoms with Gasteiger partial charge in [0.25, 0.3) is 0 Å². The smallest absolute Gasteiger partial charge is 0.308 e. The number of hydrogen-bond donors (Lipinski definition) is 1. The lowest BCUT2D eigenvalue weighted by Gasteiger charge is -2.32. The van der Waals surface area contributed by atoms with Crippen LogP contribution in [0.1, 0.15) is 51.4 Å². The van der Waals surface area contributed by atoms with Crippen molar-refractivity contribution in [2.45, 2.75) is 51.4 Å². The number of carbonyl (C=O) groups excluding carboxylic acids is 1. The van der Waals surface area contributed by atoms with Gasteiger partial charge in [0.15, 0.2) is 0 Å². The van der Waals surface area contributed by atoms with Crippen molar-refractivity contribution in [2.75, 3.05) is 13.1 Å². The van der Waals surface area contributed by atoms with E-state index in [1.54, 1.807) is 4.90 Å². The third-order valence-electron chi connectivity index (χ3n) is 4.31. The summed E-state index contributed by atoms with van der Waals surface area (Å²) in [5.74, 6) is -0.400. The topological polar surface area (TPSA) is 57.6 Å². The molecule has 102 valence electrons. The number of carboxylic acids is 1. The molecule has 1 aliphatic heterocycles. The summed E-state index contributed by atoms with van der Waals surface area (Å²) in [6.07, 6.45) is 8.30. The summed E-state index contributed by atoms with van der Waals surface area (Å²) < 4.78 is 0. The molecule has 1 atom stereocenters. The maximum atomic E-state index is 12.2. The number of likely N-dealkylation sites (tertiary alicyclic amines) is 1. The van der Waals surface area contributed by atoms with Gasteiger partial charge in [-0.25, -0.2) is 0 Å². The molecule has 1 amide bonds. The van der Waals surface area contributed by atoms with Gasteiger partial charge >= 0.3 is 5.97 Å². The summed E-state index contributed by atoms with van der Waals surface area (Å²) in [5, 5.41) is 9.02. The summed E-state index contributed by atoms with van der Waals surface area (Å²) in [6, 6.07) is 0. The van der Waals surface area contributed by atoms with Crippen LogP contribution in [0.3, 0.4) is 0 Å². The van der Waals surface area contributed by atoms with Gasteiger partial charge in [-0.15, -0.1) is 0 Å². The quantitative estimate of drug-likeness (QED) is 0.839. The van der Waals surface area contributed by atoms with Gasteiger partial charge in [0.05, 0.1) is 5.92 Å². The minimum Gasteiger partial charge on any atom is -0.481 e. The summed E-state index contributed by atoms with van der Waals surface area (Å²) in [5.41, 5.74) is 0.